The quantitative estimate of drug-likeness (QED) is 0.279. The van der Waals surface area contributed by atoms with Gasteiger partial charge in [-0.05, 0) is 65.4 Å². The van der Waals surface area contributed by atoms with Gasteiger partial charge in [-0.3, -0.25) is 4.79 Å². The van der Waals surface area contributed by atoms with Crippen LogP contribution < -0.4 is 19.6 Å². The number of nitrogens with zero attached hydrogens (tertiary/aromatic N) is 2. The third kappa shape index (κ3) is 3.86. The minimum Gasteiger partial charge on any atom is -0.490 e. The molecule has 0 spiro atoms. The van der Waals surface area contributed by atoms with Crippen molar-refractivity contribution < 1.29 is 19.0 Å². The van der Waals surface area contributed by atoms with E-state index >= 15 is 0 Å². The number of rotatable bonds is 6. The average Bonchev–Trinajstić information content (AvgIpc) is 3.23. The second kappa shape index (κ2) is 8.60. The molecule has 2 aromatic heterocycles. The van der Waals surface area contributed by atoms with E-state index in [1.165, 1.54) is 18.4 Å². The number of esters is 1. The van der Waals surface area contributed by atoms with Gasteiger partial charge in [-0.1, -0.05) is 23.5 Å². The van der Waals surface area contributed by atoms with Gasteiger partial charge in [0, 0.05) is 0 Å². The van der Waals surface area contributed by atoms with E-state index in [1.54, 1.807) is 10.5 Å². The zero-order valence-corrected chi connectivity index (χ0v) is 19.2. The summed E-state index contributed by atoms with van der Waals surface area (Å²) in [5.74, 6) is 0.488. The van der Waals surface area contributed by atoms with E-state index in [9.17, 15) is 9.59 Å². The van der Waals surface area contributed by atoms with Crippen LogP contribution in [0.4, 0.5) is 0 Å². The number of hydrogen-bond acceptors (Lipinski definition) is 7. The SMILES string of the molecule is CCOc1cc(/C=c2\sc3nc4ccccc4n3c2=O)cc(I)c1OCC(=O)OC. The zero-order chi connectivity index (χ0) is 21.3. The molecule has 0 fully saturated rings. The molecule has 4 rings (SSSR count). The van der Waals surface area contributed by atoms with Gasteiger partial charge in [0.15, 0.2) is 23.1 Å². The molecule has 0 saturated carbocycles. The molecule has 2 aromatic carbocycles. The van der Waals surface area contributed by atoms with E-state index in [-0.39, 0.29) is 12.2 Å². The molecule has 0 aliphatic rings. The summed E-state index contributed by atoms with van der Waals surface area (Å²) in [6.07, 6.45) is 1.81. The normalized spacial score (nSPS) is 11.9. The molecule has 0 aliphatic carbocycles. The molecule has 0 amide bonds. The van der Waals surface area contributed by atoms with Crippen LogP contribution in [0.15, 0.2) is 41.2 Å². The van der Waals surface area contributed by atoms with Crippen molar-refractivity contribution in [2.24, 2.45) is 0 Å². The molecule has 154 valence electrons. The maximum Gasteiger partial charge on any atom is 0.343 e. The Balaban J connectivity index is 1.79. The van der Waals surface area contributed by atoms with Crippen molar-refractivity contribution in [3.05, 3.63) is 60.4 Å². The number of imidazole rings is 1. The standard InChI is InChI=1S/C21H17IN2O5S/c1-3-28-16-9-12(8-13(22)19(16)29-11-18(25)27-2)10-17-20(26)24-15-7-5-4-6-14(15)23-21(24)30-17/h4-10H,3,11H2,1-2H3/b17-10-. The fourth-order valence-electron chi connectivity index (χ4n) is 3.03. The van der Waals surface area contributed by atoms with Crippen LogP contribution >= 0.6 is 33.9 Å². The summed E-state index contributed by atoms with van der Waals surface area (Å²) in [4.78, 5) is 29.6. The van der Waals surface area contributed by atoms with Crippen LogP contribution in [0.25, 0.3) is 22.1 Å². The Morgan fingerprint density at radius 1 is 1.27 bits per heavy atom. The minimum atomic E-state index is -0.478. The molecule has 30 heavy (non-hydrogen) atoms. The van der Waals surface area contributed by atoms with Gasteiger partial charge in [0.2, 0.25) is 0 Å². The molecular formula is C21H17IN2O5S. The minimum absolute atomic E-state index is 0.109. The summed E-state index contributed by atoms with van der Waals surface area (Å²) in [5.41, 5.74) is 2.28. The number of carbonyl (C=O) groups excluding carboxylic acids is 1. The Labute approximate surface area is 189 Å². The van der Waals surface area contributed by atoms with Crippen molar-refractivity contribution >= 4 is 62.0 Å². The lowest BCUT2D eigenvalue weighted by atomic mass is 10.2. The molecule has 4 aromatic rings. The Bertz CT molecular complexity index is 1360. The van der Waals surface area contributed by atoms with Crippen LogP contribution in [-0.4, -0.2) is 35.7 Å². The predicted molar refractivity (Wildman–Crippen MR) is 123 cm³/mol. The Morgan fingerprint density at radius 2 is 2.07 bits per heavy atom. The summed E-state index contributed by atoms with van der Waals surface area (Å²) in [5, 5.41) is 0. The molecule has 0 N–H and O–H groups in total. The number of fused-ring (bicyclic) bond motifs is 3. The number of methoxy groups -OCH3 is 1. The van der Waals surface area contributed by atoms with Gasteiger partial charge in [-0.25, -0.2) is 14.2 Å². The summed E-state index contributed by atoms with van der Waals surface area (Å²) in [7, 11) is 1.31. The second-order valence-electron chi connectivity index (χ2n) is 6.26. The van der Waals surface area contributed by atoms with Crippen LogP contribution in [0.2, 0.25) is 0 Å². The molecule has 0 atom stereocenters. The summed E-state index contributed by atoms with van der Waals surface area (Å²) < 4.78 is 18.9. The van der Waals surface area contributed by atoms with Gasteiger partial charge >= 0.3 is 5.97 Å². The first-order valence-electron chi connectivity index (χ1n) is 9.09. The van der Waals surface area contributed by atoms with Crippen molar-refractivity contribution in [1.29, 1.82) is 0 Å². The lowest BCUT2D eigenvalue weighted by Gasteiger charge is -2.14. The summed E-state index contributed by atoms with van der Waals surface area (Å²) >= 11 is 3.46. The smallest absolute Gasteiger partial charge is 0.343 e. The molecule has 2 heterocycles. The predicted octanol–water partition coefficient (Wildman–Crippen LogP) is 3.01. The molecule has 7 nitrogen and oxygen atoms in total. The van der Waals surface area contributed by atoms with E-state index < -0.39 is 5.97 Å². The maximum atomic E-state index is 13.0. The van der Waals surface area contributed by atoms with E-state index in [4.69, 9.17) is 9.47 Å². The monoisotopic (exact) mass is 536 g/mol. The number of hydrogen-bond donors (Lipinski definition) is 0. The van der Waals surface area contributed by atoms with Gasteiger partial charge in [0.25, 0.3) is 5.56 Å². The van der Waals surface area contributed by atoms with Gasteiger partial charge in [0.05, 0.1) is 32.9 Å². The first-order valence-corrected chi connectivity index (χ1v) is 11.0. The Kier molecular flexibility index (Phi) is 5.91. The average molecular weight is 536 g/mol. The number of aromatic nitrogens is 2. The van der Waals surface area contributed by atoms with Crippen molar-refractivity contribution in [1.82, 2.24) is 9.38 Å². The van der Waals surface area contributed by atoms with E-state index in [1.807, 2.05) is 43.3 Å². The van der Waals surface area contributed by atoms with Crippen LogP contribution in [-0.2, 0) is 9.53 Å². The molecule has 0 saturated heterocycles. The highest BCUT2D eigenvalue weighted by Gasteiger charge is 2.15. The van der Waals surface area contributed by atoms with Crippen molar-refractivity contribution in [3.63, 3.8) is 0 Å². The first-order chi connectivity index (χ1) is 14.5. The zero-order valence-electron chi connectivity index (χ0n) is 16.2. The van der Waals surface area contributed by atoms with Crippen molar-refractivity contribution in [2.75, 3.05) is 20.3 Å². The van der Waals surface area contributed by atoms with Crippen LogP contribution in [0, 0.1) is 3.57 Å². The summed E-state index contributed by atoms with van der Waals surface area (Å²) in [6.45, 7) is 2.08. The molecular weight excluding hydrogens is 519 g/mol. The lowest BCUT2D eigenvalue weighted by Crippen LogP contribution is -2.22. The van der Waals surface area contributed by atoms with Crippen molar-refractivity contribution in [3.8, 4) is 11.5 Å². The molecule has 0 aliphatic heterocycles. The Morgan fingerprint density at radius 3 is 2.83 bits per heavy atom. The summed E-state index contributed by atoms with van der Waals surface area (Å²) in [6, 6.07) is 11.2. The number of halogens is 1. The molecule has 0 bridgehead atoms. The number of carbonyl (C=O) groups is 1. The first kappa shape index (κ1) is 20.6. The van der Waals surface area contributed by atoms with Crippen LogP contribution in [0.5, 0.6) is 11.5 Å². The molecule has 9 heteroatoms. The fourth-order valence-corrected chi connectivity index (χ4v) is 4.80. The number of thiazole rings is 1. The molecule has 0 radical (unpaired) electrons. The van der Waals surface area contributed by atoms with E-state index in [0.717, 1.165) is 20.2 Å². The van der Waals surface area contributed by atoms with Crippen LogP contribution in [0.1, 0.15) is 12.5 Å². The number of ether oxygens (including phenoxy) is 3. The lowest BCUT2D eigenvalue weighted by molar-refractivity contribution is -0.142. The van der Waals surface area contributed by atoms with Gasteiger partial charge in [-0.2, -0.15) is 0 Å². The maximum absolute atomic E-state index is 13.0. The number of benzene rings is 2. The van der Waals surface area contributed by atoms with Gasteiger partial charge < -0.3 is 14.2 Å². The van der Waals surface area contributed by atoms with Crippen LogP contribution in [0.3, 0.4) is 0 Å². The van der Waals surface area contributed by atoms with Crippen molar-refractivity contribution in [2.45, 2.75) is 6.92 Å². The Hall–Kier alpha value is -2.66. The largest absolute Gasteiger partial charge is 0.490 e. The highest BCUT2D eigenvalue weighted by molar-refractivity contribution is 14.1. The van der Waals surface area contributed by atoms with Gasteiger partial charge in [-0.15, -0.1) is 0 Å². The van der Waals surface area contributed by atoms with Gasteiger partial charge in [0.1, 0.15) is 0 Å². The highest BCUT2D eigenvalue weighted by atomic mass is 127. The third-order valence-corrected chi connectivity index (χ3v) is 6.11. The topological polar surface area (TPSA) is 79.1 Å². The fraction of sp³-hybridized carbons (Fsp3) is 0.190. The van der Waals surface area contributed by atoms with E-state index in [0.29, 0.717) is 27.6 Å². The third-order valence-electron chi connectivity index (χ3n) is 4.34. The highest BCUT2D eigenvalue weighted by Crippen LogP contribution is 2.34. The number of para-hydroxylation sites is 2. The molecule has 0 unspecified atom stereocenters. The second-order valence-corrected chi connectivity index (χ2v) is 8.43. The van der Waals surface area contributed by atoms with E-state index in [2.05, 4.69) is 32.3 Å².